The van der Waals surface area contributed by atoms with E-state index in [-0.39, 0.29) is 12.2 Å². The maximum atomic E-state index is 11.2. The van der Waals surface area contributed by atoms with E-state index in [1.807, 2.05) is 29.8 Å². The third kappa shape index (κ3) is 2.90. The number of esters is 1. The summed E-state index contributed by atoms with van der Waals surface area (Å²) in [6.07, 6.45) is 6.43. The number of carbonyl (C=O) groups is 1. The minimum absolute atomic E-state index is 0.00443. The van der Waals surface area contributed by atoms with Crippen LogP contribution >= 0.6 is 0 Å². The molecule has 1 saturated heterocycles. The van der Waals surface area contributed by atoms with Crippen molar-refractivity contribution in [1.29, 1.82) is 0 Å². The number of aromatic nitrogens is 2. The fourth-order valence-electron chi connectivity index (χ4n) is 2.79. The number of methoxy groups -OCH3 is 1. The first kappa shape index (κ1) is 14.8. The highest BCUT2D eigenvalue weighted by Crippen LogP contribution is 2.28. The monoisotopic (exact) mass is 300 g/mol. The summed E-state index contributed by atoms with van der Waals surface area (Å²) in [6.45, 7) is 2.79. The van der Waals surface area contributed by atoms with Crippen molar-refractivity contribution in [2.75, 3.05) is 13.7 Å². The second-order valence-electron chi connectivity index (χ2n) is 5.48. The molecule has 0 spiro atoms. The fraction of sp³-hybridized carbons (Fsp3) is 0.412. The molecule has 1 unspecified atom stereocenters. The Balaban J connectivity index is 1.98. The minimum Gasteiger partial charge on any atom is -0.466 e. The zero-order chi connectivity index (χ0) is 15.5. The number of ether oxygens (including phenoxy) is 2. The molecular formula is C17H20N2O3. The lowest BCUT2D eigenvalue weighted by Gasteiger charge is -2.23. The van der Waals surface area contributed by atoms with Crippen molar-refractivity contribution in [2.24, 2.45) is 0 Å². The summed E-state index contributed by atoms with van der Waals surface area (Å²) >= 11 is 0. The lowest BCUT2D eigenvalue weighted by molar-refractivity contribution is -0.134. The van der Waals surface area contributed by atoms with Gasteiger partial charge < -0.3 is 9.47 Å². The number of hydrogen-bond acceptors (Lipinski definition) is 4. The summed E-state index contributed by atoms with van der Waals surface area (Å²) in [5.41, 5.74) is 2.97. The predicted molar refractivity (Wildman–Crippen MR) is 84.4 cm³/mol. The van der Waals surface area contributed by atoms with Crippen molar-refractivity contribution in [3.63, 3.8) is 0 Å². The van der Waals surface area contributed by atoms with Gasteiger partial charge in [-0.15, -0.1) is 0 Å². The molecule has 2 heterocycles. The number of hydrogen-bond donors (Lipinski definition) is 0. The number of aryl methyl sites for hydroxylation is 1. The molecule has 116 valence electrons. The van der Waals surface area contributed by atoms with Gasteiger partial charge in [-0.2, -0.15) is 5.10 Å². The van der Waals surface area contributed by atoms with Crippen LogP contribution in [0.15, 0.2) is 24.3 Å². The third-order valence-electron chi connectivity index (χ3n) is 3.96. The highest BCUT2D eigenvalue weighted by Gasteiger charge is 2.19. The van der Waals surface area contributed by atoms with Crippen LogP contribution < -0.4 is 0 Å². The van der Waals surface area contributed by atoms with Gasteiger partial charge in [0.25, 0.3) is 0 Å². The topological polar surface area (TPSA) is 53.3 Å². The van der Waals surface area contributed by atoms with Gasteiger partial charge in [-0.25, -0.2) is 9.48 Å². The molecule has 0 N–H and O–H groups in total. The van der Waals surface area contributed by atoms with Crippen LogP contribution in [-0.4, -0.2) is 29.5 Å². The van der Waals surface area contributed by atoms with E-state index in [4.69, 9.17) is 4.74 Å². The lowest BCUT2D eigenvalue weighted by Crippen LogP contribution is -2.19. The Kier molecular flexibility index (Phi) is 4.24. The second kappa shape index (κ2) is 6.32. The summed E-state index contributed by atoms with van der Waals surface area (Å²) in [6, 6.07) is 6.04. The molecule has 1 atom stereocenters. The second-order valence-corrected chi connectivity index (χ2v) is 5.48. The van der Waals surface area contributed by atoms with Gasteiger partial charge in [0.1, 0.15) is 0 Å². The van der Waals surface area contributed by atoms with Gasteiger partial charge in [-0.1, -0.05) is 12.1 Å². The van der Waals surface area contributed by atoms with Gasteiger partial charge >= 0.3 is 5.97 Å². The van der Waals surface area contributed by atoms with E-state index in [0.717, 1.165) is 48.0 Å². The number of fused-ring (bicyclic) bond motifs is 1. The van der Waals surface area contributed by atoms with Gasteiger partial charge in [-0.05, 0) is 43.9 Å². The Morgan fingerprint density at radius 1 is 1.45 bits per heavy atom. The Morgan fingerprint density at radius 2 is 2.32 bits per heavy atom. The summed E-state index contributed by atoms with van der Waals surface area (Å²) in [7, 11) is 1.37. The largest absolute Gasteiger partial charge is 0.466 e. The molecule has 1 aliphatic heterocycles. The van der Waals surface area contributed by atoms with Crippen LogP contribution in [0.5, 0.6) is 0 Å². The van der Waals surface area contributed by atoms with Crippen LogP contribution in [0, 0.1) is 6.92 Å². The predicted octanol–water partition coefficient (Wildman–Crippen LogP) is 3.23. The van der Waals surface area contributed by atoms with E-state index in [9.17, 15) is 4.79 Å². The molecule has 1 aromatic carbocycles. The summed E-state index contributed by atoms with van der Waals surface area (Å²) < 4.78 is 12.4. The van der Waals surface area contributed by atoms with Crippen LogP contribution in [0.4, 0.5) is 0 Å². The quantitative estimate of drug-likeness (QED) is 0.645. The molecule has 0 amide bonds. The van der Waals surface area contributed by atoms with Crippen molar-refractivity contribution < 1.29 is 14.3 Å². The van der Waals surface area contributed by atoms with Gasteiger partial charge in [-0.3, -0.25) is 0 Å². The molecule has 1 aromatic heterocycles. The summed E-state index contributed by atoms with van der Waals surface area (Å²) in [5.74, 6) is -0.361. The Morgan fingerprint density at radius 3 is 3.05 bits per heavy atom. The SMILES string of the molecule is COC(=O)/C=C/c1ccc2c(C)nn(C3CCCCO3)c2c1. The summed E-state index contributed by atoms with van der Waals surface area (Å²) in [4.78, 5) is 11.2. The van der Waals surface area contributed by atoms with Gasteiger partial charge in [0.05, 0.1) is 18.3 Å². The van der Waals surface area contributed by atoms with Crippen molar-refractivity contribution in [3.8, 4) is 0 Å². The van der Waals surface area contributed by atoms with E-state index in [1.54, 1.807) is 6.08 Å². The molecule has 1 fully saturated rings. The molecule has 3 rings (SSSR count). The van der Waals surface area contributed by atoms with Crippen LogP contribution in [0.25, 0.3) is 17.0 Å². The minimum atomic E-state index is -0.361. The van der Waals surface area contributed by atoms with E-state index in [1.165, 1.54) is 13.2 Å². The molecule has 0 bridgehead atoms. The van der Waals surface area contributed by atoms with E-state index < -0.39 is 0 Å². The fourth-order valence-corrected chi connectivity index (χ4v) is 2.79. The first-order valence-electron chi connectivity index (χ1n) is 7.55. The normalized spacial score (nSPS) is 18.9. The maximum Gasteiger partial charge on any atom is 0.330 e. The van der Waals surface area contributed by atoms with E-state index in [0.29, 0.717) is 0 Å². The van der Waals surface area contributed by atoms with Gasteiger partial charge in [0.2, 0.25) is 0 Å². The molecule has 0 radical (unpaired) electrons. The molecule has 0 saturated carbocycles. The molecule has 22 heavy (non-hydrogen) atoms. The zero-order valence-electron chi connectivity index (χ0n) is 12.9. The highest BCUT2D eigenvalue weighted by molar-refractivity contribution is 5.89. The highest BCUT2D eigenvalue weighted by atomic mass is 16.5. The Hall–Kier alpha value is -2.14. The average molecular weight is 300 g/mol. The van der Waals surface area contributed by atoms with Crippen LogP contribution in [0.1, 0.15) is 36.7 Å². The first-order valence-corrected chi connectivity index (χ1v) is 7.55. The maximum absolute atomic E-state index is 11.2. The van der Waals surface area contributed by atoms with E-state index in [2.05, 4.69) is 9.84 Å². The summed E-state index contributed by atoms with van der Waals surface area (Å²) in [5, 5.41) is 5.76. The van der Waals surface area contributed by atoms with Crippen molar-refractivity contribution in [2.45, 2.75) is 32.4 Å². The van der Waals surface area contributed by atoms with Crippen molar-refractivity contribution in [3.05, 3.63) is 35.5 Å². The molecule has 1 aliphatic rings. The third-order valence-corrected chi connectivity index (χ3v) is 3.96. The zero-order valence-corrected chi connectivity index (χ0v) is 12.9. The van der Waals surface area contributed by atoms with Crippen molar-refractivity contribution in [1.82, 2.24) is 9.78 Å². The van der Waals surface area contributed by atoms with Crippen LogP contribution in [0.2, 0.25) is 0 Å². The molecule has 2 aromatic rings. The number of carbonyl (C=O) groups excluding carboxylic acids is 1. The lowest BCUT2D eigenvalue weighted by atomic mass is 10.1. The van der Waals surface area contributed by atoms with Crippen LogP contribution in [0.3, 0.4) is 0 Å². The van der Waals surface area contributed by atoms with Gasteiger partial charge in [0.15, 0.2) is 6.23 Å². The van der Waals surface area contributed by atoms with E-state index >= 15 is 0 Å². The molecule has 0 aliphatic carbocycles. The average Bonchev–Trinajstić information content (AvgIpc) is 2.90. The Labute approximate surface area is 129 Å². The standard InChI is InChI=1S/C17H20N2O3/c1-12-14-8-6-13(7-9-17(20)21-2)11-15(14)19(18-12)16-5-3-4-10-22-16/h6-9,11,16H,3-5,10H2,1-2H3/b9-7+. The van der Waals surface area contributed by atoms with Crippen LogP contribution in [-0.2, 0) is 14.3 Å². The molecular weight excluding hydrogens is 280 g/mol. The van der Waals surface area contributed by atoms with Crippen molar-refractivity contribution >= 4 is 22.9 Å². The Bertz CT molecular complexity index is 712. The number of nitrogens with zero attached hydrogens (tertiary/aromatic N) is 2. The first-order chi connectivity index (χ1) is 10.7. The molecule has 5 heteroatoms. The molecule has 5 nitrogen and oxygen atoms in total. The number of benzene rings is 1. The smallest absolute Gasteiger partial charge is 0.330 e. The number of rotatable bonds is 3. The van der Waals surface area contributed by atoms with Gasteiger partial charge in [0, 0.05) is 18.1 Å².